The number of hydrogen-bond acceptors (Lipinski definition) is 2. The van der Waals surface area contributed by atoms with Gasteiger partial charge in [-0.3, -0.25) is 0 Å². The second-order valence-corrected chi connectivity index (χ2v) is 10.0. The number of benzene rings is 3. The lowest BCUT2D eigenvalue weighted by molar-refractivity contribution is -0.144. The Hall–Kier alpha value is -2.49. The zero-order valence-electron chi connectivity index (χ0n) is 17.7. The van der Waals surface area contributed by atoms with Crippen molar-refractivity contribution in [3.05, 3.63) is 99.5 Å². The van der Waals surface area contributed by atoms with Gasteiger partial charge >= 0.3 is 5.97 Å². The van der Waals surface area contributed by atoms with Crippen molar-refractivity contribution in [3.8, 4) is 0 Å². The van der Waals surface area contributed by atoms with Crippen molar-refractivity contribution in [2.75, 3.05) is 5.32 Å². The van der Waals surface area contributed by atoms with Crippen LogP contribution in [0.15, 0.2) is 72.8 Å². The van der Waals surface area contributed by atoms with Crippen LogP contribution in [-0.2, 0) is 16.6 Å². The number of carbonyl (C=O) groups is 1. The van der Waals surface area contributed by atoms with Gasteiger partial charge in [-0.2, -0.15) is 0 Å². The van der Waals surface area contributed by atoms with Crippen LogP contribution in [-0.4, -0.2) is 16.6 Å². The van der Waals surface area contributed by atoms with Gasteiger partial charge in [-0.15, -0.1) is 0 Å². The van der Waals surface area contributed by atoms with Crippen LogP contribution in [0.5, 0.6) is 0 Å². The van der Waals surface area contributed by atoms with Gasteiger partial charge in [-0.05, 0) is 85.0 Å². The number of carboxylic acid groups (broad SMARTS) is 1. The first-order valence-corrected chi connectivity index (χ1v) is 11.8. The molecule has 0 unspecified atom stereocenters. The fourth-order valence-electron chi connectivity index (χ4n) is 5.89. The molecule has 0 saturated heterocycles. The van der Waals surface area contributed by atoms with Crippen LogP contribution in [0, 0.1) is 0 Å². The molecule has 1 fully saturated rings. The van der Waals surface area contributed by atoms with Crippen molar-refractivity contribution < 1.29 is 9.90 Å². The Labute approximate surface area is 198 Å². The van der Waals surface area contributed by atoms with Crippen LogP contribution < -0.4 is 5.32 Å². The van der Waals surface area contributed by atoms with Crippen molar-refractivity contribution in [1.29, 1.82) is 0 Å². The smallest absolute Gasteiger partial charge is 0.329 e. The molecule has 2 N–H and O–H groups in total. The van der Waals surface area contributed by atoms with E-state index in [-0.39, 0.29) is 5.41 Å². The minimum atomic E-state index is -1.00. The molecule has 0 aromatic heterocycles. The normalized spacial score (nSPS) is 26.6. The topological polar surface area (TPSA) is 49.3 Å². The van der Waals surface area contributed by atoms with Crippen LogP contribution >= 0.6 is 23.2 Å². The molecular weight excluding hydrogens is 441 g/mol. The highest BCUT2D eigenvalue weighted by Gasteiger charge is 2.54. The Balaban J connectivity index is 1.50. The van der Waals surface area contributed by atoms with Crippen LogP contribution in [0.3, 0.4) is 0 Å². The lowest BCUT2D eigenvalue weighted by Crippen LogP contribution is -2.52. The molecule has 2 aliphatic rings. The van der Waals surface area contributed by atoms with Gasteiger partial charge in [0.15, 0.2) is 0 Å². The molecule has 5 rings (SSSR count). The maximum Gasteiger partial charge on any atom is 0.329 e. The van der Waals surface area contributed by atoms with Crippen molar-refractivity contribution in [1.82, 2.24) is 0 Å². The minimum Gasteiger partial charge on any atom is -0.480 e. The summed E-state index contributed by atoms with van der Waals surface area (Å²) in [6, 6.07) is 24.1. The maximum atomic E-state index is 12.5. The third kappa shape index (κ3) is 3.58. The summed E-state index contributed by atoms with van der Waals surface area (Å²) in [6.07, 6.45) is 3.68. The molecule has 1 spiro atoms. The third-order valence-electron chi connectivity index (χ3n) is 7.53. The van der Waals surface area contributed by atoms with Crippen LogP contribution in [0.2, 0.25) is 10.0 Å². The molecule has 3 aromatic carbocycles. The highest BCUT2D eigenvalue weighted by atomic mass is 35.5. The molecule has 0 radical (unpaired) electrons. The van der Waals surface area contributed by atoms with E-state index in [0.717, 1.165) is 30.0 Å². The Morgan fingerprint density at radius 2 is 1.59 bits per heavy atom. The Bertz CT molecular complexity index is 1150. The first kappa shape index (κ1) is 21.4. The van der Waals surface area contributed by atoms with E-state index in [1.54, 1.807) is 12.1 Å². The van der Waals surface area contributed by atoms with Crippen molar-refractivity contribution in [2.24, 2.45) is 0 Å². The Morgan fingerprint density at radius 3 is 2.28 bits per heavy atom. The van der Waals surface area contributed by atoms with Gasteiger partial charge in [0.2, 0.25) is 0 Å². The molecule has 1 atom stereocenters. The zero-order valence-corrected chi connectivity index (χ0v) is 19.2. The van der Waals surface area contributed by atoms with E-state index in [1.807, 2.05) is 24.3 Å². The minimum absolute atomic E-state index is 0.0701. The van der Waals surface area contributed by atoms with Gasteiger partial charge in [0.05, 0.1) is 0 Å². The summed E-state index contributed by atoms with van der Waals surface area (Å²) in [5, 5.41) is 14.9. The first-order valence-electron chi connectivity index (χ1n) is 11.0. The second-order valence-electron chi connectivity index (χ2n) is 9.14. The molecular formula is C27H25Cl2NO2. The van der Waals surface area contributed by atoms with Gasteiger partial charge < -0.3 is 10.4 Å². The number of halogens is 2. The molecule has 0 heterocycles. The van der Waals surface area contributed by atoms with Crippen LogP contribution in [0.25, 0.3) is 0 Å². The van der Waals surface area contributed by atoms with E-state index in [4.69, 9.17) is 23.2 Å². The van der Waals surface area contributed by atoms with E-state index in [0.29, 0.717) is 23.8 Å². The molecule has 1 saturated carbocycles. The molecule has 3 aromatic rings. The molecule has 32 heavy (non-hydrogen) atoms. The van der Waals surface area contributed by atoms with Crippen LogP contribution in [0.1, 0.15) is 48.3 Å². The average molecular weight is 466 g/mol. The maximum absolute atomic E-state index is 12.5. The van der Waals surface area contributed by atoms with Gasteiger partial charge in [0.25, 0.3) is 0 Å². The quantitative estimate of drug-likeness (QED) is 0.432. The Morgan fingerprint density at radius 1 is 0.875 bits per heavy atom. The van der Waals surface area contributed by atoms with E-state index in [1.165, 1.54) is 16.7 Å². The van der Waals surface area contributed by atoms with Crippen LogP contribution in [0.4, 0.5) is 5.69 Å². The lowest BCUT2D eigenvalue weighted by atomic mass is 9.59. The van der Waals surface area contributed by atoms with Gasteiger partial charge in [-0.25, -0.2) is 4.79 Å². The number of hydrogen-bond donors (Lipinski definition) is 2. The van der Waals surface area contributed by atoms with Gasteiger partial charge in [0.1, 0.15) is 5.54 Å². The highest BCUT2D eigenvalue weighted by Crippen LogP contribution is 2.58. The fourth-order valence-corrected chi connectivity index (χ4v) is 6.21. The number of aliphatic carboxylic acids is 1. The summed E-state index contributed by atoms with van der Waals surface area (Å²) in [4.78, 5) is 12.5. The standard InChI is InChI=1S/C27H25Cl2NO2/c28-20-10-8-18(9-11-20)24-16-19-4-1-2-7-23(19)26(24)12-14-27(15-13-26,25(31)32)30-22-6-3-5-21(29)17-22/h1-11,17,24,30H,12-16H2,(H,31,32)/t24-,26?,27?/m1/s1. The molecule has 2 aliphatic carbocycles. The predicted molar refractivity (Wildman–Crippen MR) is 130 cm³/mol. The summed E-state index contributed by atoms with van der Waals surface area (Å²) in [6.45, 7) is 0. The third-order valence-corrected chi connectivity index (χ3v) is 8.02. The monoisotopic (exact) mass is 465 g/mol. The molecule has 5 heteroatoms. The summed E-state index contributed by atoms with van der Waals surface area (Å²) in [5.74, 6) is -0.489. The molecule has 0 bridgehead atoms. The van der Waals surface area contributed by atoms with Gasteiger partial charge in [0, 0.05) is 21.1 Å². The summed E-state index contributed by atoms with van der Waals surface area (Å²) in [5.41, 5.74) is 3.70. The number of anilines is 1. The number of fused-ring (bicyclic) bond motifs is 2. The fraction of sp³-hybridized carbons (Fsp3) is 0.296. The number of rotatable bonds is 4. The number of nitrogens with one attached hydrogen (secondary N) is 1. The molecule has 164 valence electrons. The molecule has 0 aliphatic heterocycles. The van der Waals surface area contributed by atoms with E-state index in [2.05, 4.69) is 41.7 Å². The average Bonchev–Trinajstić information content (AvgIpc) is 3.10. The Kier molecular flexibility index (Phi) is 5.43. The van der Waals surface area contributed by atoms with Crippen molar-refractivity contribution >= 4 is 34.9 Å². The second kappa shape index (κ2) is 8.13. The highest BCUT2D eigenvalue weighted by molar-refractivity contribution is 6.31. The van der Waals surface area contributed by atoms with Crippen molar-refractivity contribution in [2.45, 2.75) is 49.0 Å². The molecule has 3 nitrogen and oxygen atoms in total. The predicted octanol–water partition coefficient (Wildman–Crippen LogP) is 7.08. The van der Waals surface area contributed by atoms with E-state index >= 15 is 0 Å². The SMILES string of the molecule is O=C(O)C1(Nc2cccc(Cl)c2)CCC2(CC1)c1ccccc1C[C@@H]2c1ccc(Cl)cc1. The van der Waals surface area contributed by atoms with E-state index in [9.17, 15) is 9.90 Å². The van der Waals surface area contributed by atoms with Gasteiger partial charge in [-0.1, -0.05) is 65.7 Å². The summed E-state index contributed by atoms with van der Waals surface area (Å²) in [7, 11) is 0. The first-order chi connectivity index (χ1) is 15.4. The zero-order chi connectivity index (χ0) is 22.3. The van der Waals surface area contributed by atoms with E-state index < -0.39 is 11.5 Å². The summed E-state index contributed by atoms with van der Waals surface area (Å²) < 4.78 is 0. The molecule has 0 amide bonds. The number of carboxylic acids is 1. The van der Waals surface area contributed by atoms with Crippen molar-refractivity contribution in [3.63, 3.8) is 0 Å². The lowest BCUT2D eigenvalue weighted by Gasteiger charge is -2.47. The summed E-state index contributed by atoms with van der Waals surface area (Å²) >= 11 is 12.3. The largest absolute Gasteiger partial charge is 0.480 e.